The third-order valence-electron chi connectivity index (χ3n) is 2.82. The van der Waals surface area contributed by atoms with E-state index >= 15 is 0 Å². The normalized spacial score (nSPS) is 12.5. The van der Waals surface area contributed by atoms with Gasteiger partial charge in [0.15, 0.2) is 0 Å². The molecule has 0 saturated heterocycles. The van der Waals surface area contributed by atoms with E-state index in [1.165, 1.54) is 0 Å². The molecule has 2 aromatic carbocycles. The second-order valence-electron chi connectivity index (χ2n) is 4.66. The van der Waals surface area contributed by atoms with E-state index in [2.05, 4.69) is 0 Å². The lowest BCUT2D eigenvalue weighted by Gasteiger charge is -2.14. The second kappa shape index (κ2) is 5.87. The van der Waals surface area contributed by atoms with Crippen LogP contribution >= 0.6 is 11.8 Å². The van der Waals surface area contributed by atoms with Gasteiger partial charge in [0.1, 0.15) is 0 Å². The quantitative estimate of drug-likeness (QED) is 0.590. The van der Waals surface area contributed by atoms with Crippen LogP contribution in [0.2, 0.25) is 0 Å². The molecule has 0 aliphatic heterocycles. The summed E-state index contributed by atoms with van der Waals surface area (Å²) in [7, 11) is 0. The first-order valence-corrected chi connectivity index (χ1v) is 6.91. The molecule has 118 valence electrons. The van der Waals surface area contributed by atoms with E-state index in [1.807, 2.05) is 6.92 Å². The molecule has 22 heavy (non-hydrogen) atoms. The van der Waals surface area contributed by atoms with Gasteiger partial charge in [-0.3, -0.25) is 0 Å². The summed E-state index contributed by atoms with van der Waals surface area (Å²) in [6.45, 7) is 1.83. The van der Waals surface area contributed by atoms with E-state index in [0.717, 1.165) is 29.5 Å². The molecule has 0 N–H and O–H groups in total. The van der Waals surface area contributed by atoms with Gasteiger partial charge >= 0.3 is 12.4 Å². The number of hydrogen-bond acceptors (Lipinski definition) is 1. The number of alkyl halides is 6. The highest BCUT2D eigenvalue weighted by Gasteiger charge is 2.36. The van der Waals surface area contributed by atoms with Gasteiger partial charge in [-0.1, -0.05) is 29.5 Å². The van der Waals surface area contributed by atoms with Crippen molar-refractivity contribution in [1.29, 1.82) is 0 Å². The smallest absolute Gasteiger partial charge is 0.166 e. The van der Waals surface area contributed by atoms with Crippen LogP contribution in [0.15, 0.2) is 52.3 Å². The van der Waals surface area contributed by atoms with Crippen molar-refractivity contribution in [3.63, 3.8) is 0 Å². The fourth-order valence-electron chi connectivity index (χ4n) is 1.73. The third kappa shape index (κ3) is 4.19. The van der Waals surface area contributed by atoms with Crippen molar-refractivity contribution < 1.29 is 26.3 Å². The predicted molar refractivity (Wildman–Crippen MR) is 71.7 cm³/mol. The van der Waals surface area contributed by atoms with E-state index in [-0.39, 0.29) is 11.0 Å². The summed E-state index contributed by atoms with van der Waals surface area (Å²) in [4.78, 5) is 0.462. The molecule has 0 fully saturated rings. The van der Waals surface area contributed by atoms with Crippen molar-refractivity contribution in [1.82, 2.24) is 0 Å². The fraction of sp³-hybridized carbons (Fsp3) is 0.200. The van der Waals surface area contributed by atoms with E-state index in [0.29, 0.717) is 4.90 Å². The Balaban J connectivity index is 2.44. The van der Waals surface area contributed by atoms with Gasteiger partial charge in [-0.25, -0.2) is 0 Å². The summed E-state index contributed by atoms with van der Waals surface area (Å²) in [6, 6.07) is 8.33. The van der Waals surface area contributed by atoms with Gasteiger partial charge < -0.3 is 0 Å². The zero-order valence-electron chi connectivity index (χ0n) is 11.2. The topological polar surface area (TPSA) is 0 Å². The van der Waals surface area contributed by atoms with Crippen LogP contribution in [0.3, 0.4) is 0 Å². The van der Waals surface area contributed by atoms with Crippen LogP contribution in [0.1, 0.15) is 16.7 Å². The zero-order valence-corrected chi connectivity index (χ0v) is 12.0. The molecule has 0 atom stereocenters. The maximum Gasteiger partial charge on any atom is 0.416 e. The molecule has 0 aliphatic rings. The predicted octanol–water partition coefficient (Wildman–Crippen LogP) is 6.18. The van der Waals surface area contributed by atoms with Crippen molar-refractivity contribution in [2.45, 2.75) is 29.1 Å². The summed E-state index contributed by atoms with van der Waals surface area (Å²) in [5.41, 5.74) is -1.67. The van der Waals surface area contributed by atoms with Gasteiger partial charge in [0.05, 0.1) is 11.1 Å². The minimum atomic E-state index is -4.83. The Morgan fingerprint density at radius 3 is 1.55 bits per heavy atom. The number of hydrogen-bond donors (Lipinski definition) is 0. The van der Waals surface area contributed by atoms with E-state index in [1.54, 1.807) is 24.3 Å². The Labute approximate surface area is 127 Å². The molecule has 0 spiro atoms. The van der Waals surface area contributed by atoms with Crippen LogP contribution in [-0.2, 0) is 12.4 Å². The van der Waals surface area contributed by atoms with E-state index in [4.69, 9.17) is 0 Å². The molecule has 0 bridgehead atoms. The summed E-state index contributed by atoms with van der Waals surface area (Å²) >= 11 is 0.857. The molecule has 7 heteroatoms. The first kappa shape index (κ1) is 16.7. The van der Waals surface area contributed by atoms with Crippen molar-refractivity contribution in [2.75, 3.05) is 0 Å². The molecule has 0 aliphatic carbocycles. The Bertz CT molecular complexity index is 623. The van der Waals surface area contributed by atoms with Gasteiger partial charge in [-0.15, -0.1) is 0 Å². The standard InChI is InChI=1S/C15H10F6S/c1-9-2-4-12(5-3-9)22-13-7-10(14(16,17)18)6-11(8-13)15(19,20)21/h2-8H,1H3. The maximum atomic E-state index is 12.8. The molecule has 2 aromatic rings. The highest BCUT2D eigenvalue weighted by Crippen LogP contribution is 2.39. The van der Waals surface area contributed by atoms with Crippen LogP contribution in [0, 0.1) is 6.92 Å². The monoisotopic (exact) mass is 336 g/mol. The van der Waals surface area contributed by atoms with Crippen LogP contribution < -0.4 is 0 Å². The lowest BCUT2D eigenvalue weighted by Crippen LogP contribution is -2.10. The Kier molecular flexibility index (Phi) is 4.47. The average molecular weight is 336 g/mol. The summed E-state index contributed by atoms with van der Waals surface area (Å²) < 4.78 is 76.5. The highest BCUT2D eigenvalue weighted by molar-refractivity contribution is 7.99. The average Bonchev–Trinajstić information content (AvgIpc) is 2.39. The van der Waals surface area contributed by atoms with Crippen LogP contribution in [0.25, 0.3) is 0 Å². The largest absolute Gasteiger partial charge is 0.416 e. The Hall–Kier alpha value is -1.63. The van der Waals surface area contributed by atoms with Crippen molar-refractivity contribution in [2.24, 2.45) is 0 Å². The first-order valence-electron chi connectivity index (χ1n) is 6.10. The molecular weight excluding hydrogens is 326 g/mol. The Morgan fingerprint density at radius 1 is 0.682 bits per heavy atom. The molecule has 0 saturated carbocycles. The Morgan fingerprint density at radius 2 is 1.14 bits per heavy atom. The molecular formula is C15H10F6S. The second-order valence-corrected chi connectivity index (χ2v) is 5.80. The zero-order chi connectivity index (χ0) is 16.5. The fourth-order valence-corrected chi connectivity index (χ4v) is 2.64. The van der Waals surface area contributed by atoms with Gasteiger partial charge in [0, 0.05) is 9.79 Å². The number of benzene rings is 2. The SMILES string of the molecule is Cc1ccc(Sc2cc(C(F)(F)F)cc(C(F)(F)F)c2)cc1. The minimum Gasteiger partial charge on any atom is -0.166 e. The van der Waals surface area contributed by atoms with Gasteiger partial charge in [-0.05, 0) is 37.3 Å². The number of rotatable bonds is 2. The summed E-state index contributed by atoms with van der Waals surface area (Å²) in [5, 5.41) is 0. The lowest BCUT2D eigenvalue weighted by atomic mass is 10.1. The molecule has 0 unspecified atom stereocenters. The molecule has 0 radical (unpaired) electrons. The number of aryl methyl sites for hydroxylation is 1. The molecule has 2 rings (SSSR count). The molecule has 0 nitrogen and oxygen atoms in total. The van der Waals surface area contributed by atoms with Gasteiger partial charge in [-0.2, -0.15) is 26.3 Å². The van der Waals surface area contributed by atoms with Gasteiger partial charge in [0.2, 0.25) is 0 Å². The van der Waals surface area contributed by atoms with Crippen LogP contribution in [-0.4, -0.2) is 0 Å². The van der Waals surface area contributed by atoms with E-state index < -0.39 is 23.5 Å². The summed E-state index contributed by atoms with van der Waals surface area (Å²) in [6.07, 6.45) is -9.66. The lowest BCUT2D eigenvalue weighted by molar-refractivity contribution is -0.143. The van der Waals surface area contributed by atoms with Gasteiger partial charge in [0.25, 0.3) is 0 Å². The minimum absolute atomic E-state index is 0.106. The molecule has 0 aromatic heterocycles. The third-order valence-corrected chi connectivity index (χ3v) is 3.80. The molecule has 0 heterocycles. The molecule has 0 amide bonds. The van der Waals surface area contributed by atoms with Crippen molar-refractivity contribution >= 4 is 11.8 Å². The highest BCUT2D eigenvalue weighted by atomic mass is 32.2. The first-order chi connectivity index (χ1) is 10.1. The van der Waals surface area contributed by atoms with Crippen LogP contribution in [0.4, 0.5) is 26.3 Å². The van der Waals surface area contributed by atoms with Crippen molar-refractivity contribution in [3.8, 4) is 0 Å². The van der Waals surface area contributed by atoms with Crippen molar-refractivity contribution in [3.05, 3.63) is 59.2 Å². The van der Waals surface area contributed by atoms with E-state index in [9.17, 15) is 26.3 Å². The van der Waals surface area contributed by atoms with Crippen LogP contribution in [0.5, 0.6) is 0 Å². The summed E-state index contributed by atoms with van der Waals surface area (Å²) in [5.74, 6) is 0. The maximum absolute atomic E-state index is 12.8. The number of halogens is 6.